The highest BCUT2D eigenvalue weighted by Crippen LogP contribution is 2.19. The van der Waals surface area contributed by atoms with Gasteiger partial charge in [0.1, 0.15) is 6.61 Å². The fourth-order valence-corrected chi connectivity index (χ4v) is 2.16. The summed E-state index contributed by atoms with van der Waals surface area (Å²) in [6.45, 7) is 3.96. The lowest BCUT2D eigenvalue weighted by Crippen LogP contribution is -2.08. The average Bonchev–Trinajstić information content (AvgIpc) is 2.40. The standard InChI is InChI=1S/C16H16ClNO2/c1-10-6-11(2)15(18)8-14(10)16(19)20-9-12-4-3-5-13(17)7-12/h3-8H,9,18H2,1-2H3. The quantitative estimate of drug-likeness (QED) is 0.689. The van der Waals surface area contributed by atoms with E-state index < -0.39 is 0 Å². The van der Waals surface area contributed by atoms with E-state index in [2.05, 4.69) is 0 Å². The van der Waals surface area contributed by atoms with Gasteiger partial charge in [-0.1, -0.05) is 29.8 Å². The summed E-state index contributed by atoms with van der Waals surface area (Å²) in [5, 5.41) is 0.620. The number of benzene rings is 2. The molecule has 2 N–H and O–H groups in total. The van der Waals surface area contributed by atoms with Crippen LogP contribution in [0.2, 0.25) is 5.02 Å². The van der Waals surface area contributed by atoms with Crippen LogP contribution in [-0.2, 0) is 11.3 Å². The van der Waals surface area contributed by atoms with E-state index in [9.17, 15) is 4.79 Å². The van der Waals surface area contributed by atoms with Gasteiger partial charge in [-0.05, 0) is 48.7 Å². The minimum absolute atomic E-state index is 0.187. The van der Waals surface area contributed by atoms with Gasteiger partial charge in [-0.2, -0.15) is 0 Å². The predicted octanol–water partition coefficient (Wildman–Crippen LogP) is 3.90. The molecular weight excluding hydrogens is 274 g/mol. The fraction of sp³-hybridized carbons (Fsp3) is 0.188. The Morgan fingerprint density at radius 3 is 2.65 bits per heavy atom. The number of hydrogen-bond acceptors (Lipinski definition) is 3. The Kier molecular flexibility index (Phi) is 4.30. The molecule has 0 unspecified atom stereocenters. The summed E-state index contributed by atoms with van der Waals surface area (Å²) in [5.41, 5.74) is 9.57. The number of carbonyl (C=O) groups excluding carboxylic acids is 1. The highest BCUT2D eigenvalue weighted by Gasteiger charge is 2.12. The molecule has 20 heavy (non-hydrogen) atoms. The molecule has 0 saturated carbocycles. The van der Waals surface area contributed by atoms with Gasteiger partial charge in [0.2, 0.25) is 0 Å². The zero-order chi connectivity index (χ0) is 14.7. The molecule has 3 nitrogen and oxygen atoms in total. The maximum atomic E-state index is 12.1. The first-order valence-corrected chi connectivity index (χ1v) is 6.63. The molecule has 0 aliphatic heterocycles. The van der Waals surface area contributed by atoms with E-state index in [0.717, 1.165) is 16.7 Å². The molecule has 0 saturated heterocycles. The number of esters is 1. The monoisotopic (exact) mass is 289 g/mol. The van der Waals surface area contributed by atoms with E-state index in [0.29, 0.717) is 16.3 Å². The van der Waals surface area contributed by atoms with E-state index in [-0.39, 0.29) is 12.6 Å². The number of halogens is 1. The first-order valence-electron chi connectivity index (χ1n) is 6.25. The highest BCUT2D eigenvalue weighted by molar-refractivity contribution is 6.30. The number of carbonyl (C=O) groups is 1. The van der Waals surface area contributed by atoms with Crippen LogP contribution in [0.25, 0.3) is 0 Å². The average molecular weight is 290 g/mol. The largest absolute Gasteiger partial charge is 0.457 e. The van der Waals surface area contributed by atoms with Crippen molar-refractivity contribution < 1.29 is 9.53 Å². The van der Waals surface area contributed by atoms with Crippen LogP contribution >= 0.6 is 11.6 Å². The Morgan fingerprint density at radius 1 is 1.20 bits per heavy atom. The lowest BCUT2D eigenvalue weighted by molar-refractivity contribution is 0.0472. The normalized spacial score (nSPS) is 10.3. The third-order valence-corrected chi connectivity index (χ3v) is 3.33. The van der Waals surface area contributed by atoms with Gasteiger partial charge in [0.25, 0.3) is 0 Å². The van der Waals surface area contributed by atoms with Gasteiger partial charge in [0.05, 0.1) is 5.56 Å². The van der Waals surface area contributed by atoms with E-state index in [1.54, 1.807) is 18.2 Å². The van der Waals surface area contributed by atoms with E-state index in [1.807, 2.05) is 32.0 Å². The van der Waals surface area contributed by atoms with Crippen molar-refractivity contribution in [3.05, 3.63) is 63.7 Å². The second-order valence-corrected chi connectivity index (χ2v) is 5.17. The molecule has 0 aliphatic rings. The smallest absolute Gasteiger partial charge is 0.338 e. The van der Waals surface area contributed by atoms with Gasteiger partial charge in [-0.15, -0.1) is 0 Å². The zero-order valence-corrected chi connectivity index (χ0v) is 12.2. The summed E-state index contributed by atoms with van der Waals surface area (Å²) in [6, 6.07) is 10.8. The number of nitrogens with two attached hydrogens (primary N) is 1. The molecular formula is C16H16ClNO2. The van der Waals surface area contributed by atoms with Gasteiger partial charge < -0.3 is 10.5 Å². The maximum Gasteiger partial charge on any atom is 0.338 e. The second kappa shape index (κ2) is 5.97. The van der Waals surface area contributed by atoms with Crippen molar-refractivity contribution >= 4 is 23.3 Å². The second-order valence-electron chi connectivity index (χ2n) is 4.73. The van der Waals surface area contributed by atoms with Crippen molar-refractivity contribution in [1.82, 2.24) is 0 Å². The molecule has 0 atom stereocenters. The zero-order valence-electron chi connectivity index (χ0n) is 11.4. The van der Waals surface area contributed by atoms with Crippen molar-refractivity contribution in [2.45, 2.75) is 20.5 Å². The molecule has 0 heterocycles. The number of rotatable bonds is 3. The minimum Gasteiger partial charge on any atom is -0.457 e. The summed E-state index contributed by atoms with van der Waals surface area (Å²) in [7, 11) is 0. The molecule has 0 aliphatic carbocycles. The molecule has 0 radical (unpaired) electrons. The fourth-order valence-electron chi connectivity index (χ4n) is 1.94. The van der Waals surface area contributed by atoms with Crippen molar-refractivity contribution in [1.29, 1.82) is 0 Å². The van der Waals surface area contributed by atoms with Crippen LogP contribution in [0.4, 0.5) is 5.69 Å². The first-order chi connectivity index (χ1) is 9.47. The Bertz CT molecular complexity index is 653. The van der Waals surface area contributed by atoms with Crippen molar-refractivity contribution in [3.63, 3.8) is 0 Å². The van der Waals surface area contributed by atoms with Gasteiger partial charge >= 0.3 is 5.97 Å². The van der Waals surface area contributed by atoms with Crippen LogP contribution in [0.3, 0.4) is 0 Å². The lowest BCUT2D eigenvalue weighted by atomic mass is 10.0. The maximum absolute atomic E-state index is 12.1. The third-order valence-electron chi connectivity index (χ3n) is 3.09. The summed E-state index contributed by atoms with van der Waals surface area (Å²) >= 11 is 5.88. The van der Waals surface area contributed by atoms with Gasteiger partial charge in [-0.3, -0.25) is 0 Å². The SMILES string of the molecule is Cc1cc(C)c(C(=O)OCc2cccc(Cl)c2)cc1N. The lowest BCUT2D eigenvalue weighted by Gasteiger charge is -2.10. The van der Waals surface area contributed by atoms with Crippen LogP contribution in [0.5, 0.6) is 0 Å². The van der Waals surface area contributed by atoms with E-state index >= 15 is 0 Å². The number of nitrogen functional groups attached to an aromatic ring is 1. The molecule has 0 bridgehead atoms. The molecule has 2 aromatic rings. The number of hydrogen-bond donors (Lipinski definition) is 1. The number of aryl methyl sites for hydroxylation is 2. The summed E-state index contributed by atoms with van der Waals surface area (Å²) in [6.07, 6.45) is 0. The molecule has 0 aromatic heterocycles. The van der Waals surface area contributed by atoms with Crippen molar-refractivity contribution in [3.8, 4) is 0 Å². The Morgan fingerprint density at radius 2 is 1.95 bits per heavy atom. The van der Waals surface area contributed by atoms with Crippen molar-refractivity contribution in [2.24, 2.45) is 0 Å². The summed E-state index contributed by atoms with van der Waals surface area (Å²) < 4.78 is 5.29. The minimum atomic E-state index is -0.380. The van der Waals surface area contributed by atoms with Gasteiger partial charge in [0, 0.05) is 10.7 Å². The highest BCUT2D eigenvalue weighted by atomic mass is 35.5. The molecule has 2 rings (SSSR count). The van der Waals surface area contributed by atoms with Crippen LogP contribution in [0.1, 0.15) is 27.0 Å². The predicted molar refractivity (Wildman–Crippen MR) is 80.9 cm³/mol. The third kappa shape index (κ3) is 3.31. The van der Waals surface area contributed by atoms with Crippen molar-refractivity contribution in [2.75, 3.05) is 5.73 Å². The van der Waals surface area contributed by atoms with Crippen LogP contribution in [-0.4, -0.2) is 5.97 Å². The van der Waals surface area contributed by atoms with Crippen LogP contribution in [0, 0.1) is 13.8 Å². The molecule has 0 fully saturated rings. The Balaban J connectivity index is 2.11. The van der Waals surface area contributed by atoms with E-state index in [1.165, 1.54) is 0 Å². The topological polar surface area (TPSA) is 52.3 Å². The van der Waals surface area contributed by atoms with Crippen LogP contribution in [0.15, 0.2) is 36.4 Å². The molecule has 0 spiro atoms. The first kappa shape index (κ1) is 14.4. The number of anilines is 1. The molecule has 2 aromatic carbocycles. The van der Waals surface area contributed by atoms with E-state index in [4.69, 9.17) is 22.1 Å². The molecule has 104 valence electrons. The summed E-state index contributed by atoms with van der Waals surface area (Å²) in [5.74, 6) is -0.380. The molecule has 4 heteroatoms. The number of ether oxygens (including phenoxy) is 1. The Hall–Kier alpha value is -2.00. The van der Waals surface area contributed by atoms with Gasteiger partial charge in [0.15, 0.2) is 0 Å². The Labute approximate surface area is 123 Å². The summed E-state index contributed by atoms with van der Waals surface area (Å²) in [4.78, 5) is 12.1. The van der Waals surface area contributed by atoms with Gasteiger partial charge in [-0.25, -0.2) is 4.79 Å². The van der Waals surface area contributed by atoms with Crippen LogP contribution < -0.4 is 5.73 Å². The molecule has 0 amide bonds.